The summed E-state index contributed by atoms with van der Waals surface area (Å²) in [7, 11) is 1.94. The first-order chi connectivity index (χ1) is 11.5. The molecule has 0 aliphatic carbocycles. The predicted molar refractivity (Wildman–Crippen MR) is 91.2 cm³/mol. The molecule has 0 radical (unpaired) electrons. The number of aromatic amines is 1. The summed E-state index contributed by atoms with van der Waals surface area (Å²) < 4.78 is 0. The van der Waals surface area contributed by atoms with Crippen LogP contribution in [0, 0.1) is 5.92 Å². The standard InChI is InChI=1S/C17H23N5O2/c1-21-8-9-22(11-12(10-21)17(18)24)16(23)7-6-15-19-13-4-2-3-5-14(13)20-15/h2-5,12H,6-11H2,1H3,(H2,18,24)(H,19,20). The van der Waals surface area contributed by atoms with Gasteiger partial charge in [-0.15, -0.1) is 0 Å². The number of primary amides is 1. The van der Waals surface area contributed by atoms with Crippen LogP contribution < -0.4 is 5.73 Å². The molecular formula is C17H23N5O2. The molecule has 0 saturated carbocycles. The average molecular weight is 329 g/mol. The zero-order chi connectivity index (χ0) is 17.1. The fourth-order valence-corrected chi connectivity index (χ4v) is 3.09. The van der Waals surface area contributed by atoms with Crippen LogP contribution in [0.25, 0.3) is 11.0 Å². The van der Waals surface area contributed by atoms with Crippen molar-refractivity contribution in [3.8, 4) is 0 Å². The number of fused-ring (bicyclic) bond motifs is 1. The number of rotatable bonds is 4. The second-order valence-corrected chi connectivity index (χ2v) is 6.40. The summed E-state index contributed by atoms with van der Waals surface area (Å²) in [5.74, 6) is 0.187. The van der Waals surface area contributed by atoms with E-state index >= 15 is 0 Å². The van der Waals surface area contributed by atoms with Gasteiger partial charge in [-0.05, 0) is 19.2 Å². The molecule has 2 heterocycles. The molecule has 3 rings (SSSR count). The van der Waals surface area contributed by atoms with Crippen molar-refractivity contribution in [3.05, 3.63) is 30.1 Å². The fourth-order valence-electron chi connectivity index (χ4n) is 3.09. The minimum atomic E-state index is -0.348. The second-order valence-electron chi connectivity index (χ2n) is 6.40. The smallest absolute Gasteiger partial charge is 0.223 e. The number of hydrogen-bond donors (Lipinski definition) is 2. The van der Waals surface area contributed by atoms with E-state index in [0.717, 1.165) is 23.4 Å². The maximum absolute atomic E-state index is 12.5. The Labute approximate surface area is 140 Å². The number of aryl methyl sites for hydroxylation is 1. The van der Waals surface area contributed by atoms with E-state index in [9.17, 15) is 9.59 Å². The lowest BCUT2D eigenvalue weighted by molar-refractivity contribution is -0.132. The molecule has 24 heavy (non-hydrogen) atoms. The number of imidazole rings is 1. The summed E-state index contributed by atoms with van der Waals surface area (Å²) >= 11 is 0. The van der Waals surface area contributed by atoms with Crippen molar-refractivity contribution in [2.45, 2.75) is 12.8 Å². The number of carbonyl (C=O) groups is 2. The normalized spacial score (nSPS) is 19.4. The van der Waals surface area contributed by atoms with Crippen LogP contribution in [-0.4, -0.2) is 64.8 Å². The Kier molecular flexibility index (Phi) is 4.80. The molecule has 1 aliphatic heterocycles. The summed E-state index contributed by atoms with van der Waals surface area (Å²) in [6.45, 7) is 2.38. The number of nitrogens with zero attached hydrogens (tertiary/aromatic N) is 3. The Morgan fingerprint density at radius 2 is 2.08 bits per heavy atom. The third-order valence-corrected chi connectivity index (χ3v) is 4.49. The van der Waals surface area contributed by atoms with Crippen LogP contribution in [-0.2, 0) is 16.0 Å². The average Bonchev–Trinajstić information content (AvgIpc) is 2.87. The number of carbonyl (C=O) groups excluding carboxylic acids is 2. The molecule has 1 unspecified atom stereocenters. The summed E-state index contributed by atoms with van der Waals surface area (Å²) in [6, 6.07) is 7.80. The summed E-state index contributed by atoms with van der Waals surface area (Å²) in [6.07, 6.45) is 0.927. The first-order valence-corrected chi connectivity index (χ1v) is 8.22. The van der Waals surface area contributed by atoms with Gasteiger partial charge in [-0.1, -0.05) is 12.1 Å². The molecule has 1 fully saturated rings. The number of hydrogen-bond acceptors (Lipinski definition) is 4. The van der Waals surface area contributed by atoms with E-state index < -0.39 is 0 Å². The molecule has 1 saturated heterocycles. The van der Waals surface area contributed by atoms with Gasteiger partial charge in [-0.3, -0.25) is 9.59 Å². The molecule has 128 valence electrons. The number of nitrogens with two attached hydrogens (primary N) is 1. The van der Waals surface area contributed by atoms with Crippen molar-refractivity contribution in [1.29, 1.82) is 0 Å². The number of nitrogens with one attached hydrogen (secondary N) is 1. The molecule has 1 atom stereocenters. The number of amides is 2. The van der Waals surface area contributed by atoms with Crippen molar-refractivity contribution >= 4 is 22.8 Å². The first-order valence-electron chi connectivity index (χ1n) is 8.22. The molecule has 7 heteroatoms. The molecule has 1 aliphatic rings. The molecule has 3 N–H and O–H groups in total. The van der Waals surface area contributed by atoms with Crippen molar-refractivity contribution in [2.24, 2.45) is 11.7 Å². The highest BCUT2D eigenvalue weighted by atomic mass is 16.2. The van der Waals surface area contributed by atoms with Gasteiger partial charge in [0.1, 0.15) is 5.82 Å². The zero-order valence-corrected chi connectivity index (χ0v) is 13.9. The minimum absolute atomic E-state index is 0.0389. The SMILES string of the molecule is CN1CCN(C(=O)CCc2nc3ccccc3[nH]2)CC(C(N)=O)C1. The maximum atomic E-state index is 12.5. The van der Waals surface area contributed by atoms with E-state index in [2.05, 4.69) is 9.97 Å². The number of benzene rings is 1. The highest BCUT2D eigenvalue weighted by Gasteiger charge is 2.27. The van der Waals surface area contributed by atoms with Crippen LogP contribution in [0.1, 0.15) is 12.2 Å². The van der Waals surface area contributed by atoms with E-state index in [0.29, 0.717) is 32.5 Å². The lowest BCUT2D eigenvalue weighted by atomic mass is 10.1. The zero-order valence-electron chi connectivity index (χ0n) is 13.9. The number of H-pyrrole nitrogens is 1. The fraction of sp³-hybridized carbons (Fsp3) is 0.471. The largest absolute Gasteiger partial charge is 0.369 e. The molecule has 2 amide bonds. The van der Waals surface area contributed by atoms with Crippen molar-refractivity contribution in [3.63, 3.8) is 0 Å². The number of para-hydroxylation sites is 2. The van der Waals surface area contributed by atoms with Gasteiger partial charge in [0.15, 0.2) is 0 Å². The van der Waals surface area contributed by atoms with Crippen molar-refractivity contribution in [1.82, 2.24) is 19.8 Å². The third-order valence-electron chi connectivity index (χ3n) is 4.49. The molecule has 0 bridgehead atoms. The number of aromatic nitrogens is 2. The lowest BCUT2D eigenvalue weighted by Crippen LogP contribution is -2.40. The quantitative estimate of drug-likeness (QED) is 0.847. The highest BCUT2D eigenvalue weighted by Crippen LogP contribution is 2.13. The molecular weight excluding hydrogens is 306 g/mol. The number of likely N-dealkylation sites (N-methyl/N-ethyl adjacent to an activating group) is 1. The first kappa shape index (κ1) is 16.4. The van der Waals surface area contributed by atoms with Crippen molar-refractivity contribution in [2.75, 3.05) is 33.2 Å². The highest BCUT2D eigenvalue weighted by molar-refractivity contribution is 5.80. The molecule has 1 aromatic carbocycles. The van der Waals surface area contributed by atoms with E-state index in [-0.39, 0.29) is 17.7 Å². The van der Waals surface area contributed by atoms with Gasteiger partial charge in [0.25, 0.3) is 0 Å². The van der Waals surface area contributed by atoms with E-state index in [1.54, 1.807) is 4.90 Å². The Bertz CT molecular complexity index is 708. The van der Waals surface area contributed by atoms with Crippen LogP contribution in [0.3, 0.4) is 0 Å². The van der Waals surface area contributed by atoms with Crippen LogP contribution in [0.5, 0.6) is 0 Å². The summed E-state index contributed by atoms with van der Waals surface area (Å²) in [5, 5.41) is 0. The Morgan fingerprint density at radius 1 is 1.29 bits per heavy atom. The van der Waals surface area contributed by atoms with E-state index in [1.165, 1.54) is 0 Å². The van der Waals surface area contributed by atoms with Gasteiger partial charge >= 0.3 is 0 Å². The third kappa shape index (κ3) is 3.73. The molecule has 2 aromatic rings. The van der Waals surface area contributed by atoms with E-state index in [1.807, 2.05) is 36.2 Å². The van der Waals surface area contributed by atoms with Crippen LogP contribution in [0.4, 0.5) is 0 Å². The molecule has 7 nitrogen and oxygen atoms in total. The van der Waals surface area contributed by atoms with Crippen molar-refractivity contribution < 1.29 is 9.59 Å². The Hall–Kier alpha value is -2.41. The van der Waals surface area contributed by atoms with Gasteiger partial charge in [-0.25, -0.2) is 4.98 Å². The predicted octanol–water partition coefficient (Wildman–Crippen LogP) is 0.371. The van der Waals surface area contributed by atoms with Gasteiger partial charge < -0.3 is 20.5 Å². The Balaban J connectivity index is 1.62. The summed E-state index contributed by atoms with van der Waals surface area (Å²) in [4.78, 5) is 35.6. The van der Waals surface area contributed by atoms with Crippen LogP contribution >= 0.6 is 0 Å². The van der Waals surface area contributed by atoms with Gasteiger partial charge in [0.2, 0.25) is 11.8 Å². The van der Waals surface area contributed by atoms with Crippen LogP contribution in [0.15, 0.2) is 24.3 Å². The second kappa shape index (κ2) is 7.00. The molecule has 0 spiro atoms. The van der Waals surface area contributed by atoms with Gasteiger partial charge in [-0.2, -0.15) is 0 Å². The summed E-state index contributed by atoms with van der Waals surface area (Å²) in [5.41, 5.74) is 7.34. The topological polar surface area (TPSA) is 95.3 Å². The Morgan fingerprint density at radius 3 is 2.83 bits per heavy atom. The van der Waals surface area contributed by atoms with Gasteiger partial charge in [0.05, 0.1) is 17.0 Å². The van der Waals surface area contributed by atoms with Gasteiger partial charge in [0, 0.05) is 39.0 Å². The monoisotopic (exact) mass is 329 g/mol. The van der Waals surface area contributed by atoms with Crippen LogP contribution in [0.2, 0.25) is 0 Å². The molecule has 1 aromatic heterocycles. The minimum Gasteiger partial charge on any atom is -0.369 e. The van der Waals surface area contributed by atoms with E-state index in [4.69, 9.17) is 5.73 Å². The lowest BCUT2D eigenvalue weighted by Gasteiger charge is -2.22. The maximum Gasteiger partial charge on any atom is 0.223 e.